The van der Waals surface area contributed by atoms with Gasteiger partial charge in [0.25, 0.3) is 0 Å². The summed E-state index contributed by atoms with van der Waals surface area (Å²) in [6, 6.07) is 0. The molecule has 0 aliphatic carbocycles. The maximum atomic E-state index is 11.1. The van der Waals surface area contributed by atoms with Gasteiger partial charge in [-0.05, 0) is 64.7 Å². The summed E-state index contributed by atoms with van der Waals surface area (Å²) >= 11 is 15.7. The van der Waals surface area contributed by atoms with Crippen LogP contribution in [0.3, 0.4) is 0 Å². The summed E-state index contributed by atoms with van der Waals surface area (Å²) in [7, 11) is 3.60. The van der Waals surface area contributed by atoms with Gasteiger partial charge in [0, 0.05) is 77.6 Å². The van der Waals surface area contributed by atoms with E-state index in [1.807, 2.05) is 57.8 Å². The molecule has 340 valence electrons. The van der Waals surface area contributed by atoms with Gasteiger partial charge in [0.1, 0.15) is 17.6 Å². The van der Waals surface area contributed by atoms with Gasteiger partial charge in [0.15, 0.2) is 9.54 Å². The van der Waals surface area contributed by atoms with Crippen molar-refractivity contribution in [1.29, 1.82) is 0 Å². The molecule has 5 rings (SSSR count). The van der Waals surface area contributed by atoms with E-state index in [1.165, 1.54) is 6.42 Å². The number of hydrogen-bond donors (Lipinski definition) is 0. The van der Waals surface area contributed by atoms with E-state index in [2.05, 4.69) is 32.9 Å². The van der Waals surface area contributed by atoms with Crippen LogP contribution >= 0.6 is 127 Å². The van der Waals surface area contributed by atoms with E-state index in [0.29, 0.717) is 27.9 Å². The van der Waals surface area contributed by atoms with Crippen LogP contribution in [0.4, 0.5) is 0 Å². The lowest BCUT2D eigenvalue weighted by molar-refractivity contribution is -0.143. The van der Waals surface area contributed by atoms with Gasteiger partial charge in [-0.1, -0.05) is 78.0 Å². The molecule has 0 aromatic heterocycles. The topological polar surface area (TPSA) is 132 Å². The van der Waals surface area contributed by atoms with Crippen LogP contribution in [0.25, 0.3) is 0 Å². The zero-order valence-corrected chi connectivity index (χ0v) is 43.9. The Bertz CT molecular complexity index is 1170. The lowest BCUT2D eigenvalue weighted by Crippen LogP contribution is -2.25. The van der Waals surface area contributed by atoms with Crippen molar-refractivity contribution in [2.45, 2.75) is 81.1 Å². The number of esters is 5. The van der Waals surface area contributed by atoms with E-state index in [4.69, 9.17) is 23.7 Å². The number of carbonyl (C=O) groups is 5. The van der Waals surface area contributed by atoms with Crippen molar-refractivity contribution in [2.24, 2.45) is 0 Å². The van der Waals surface area contributed by atoms with Crippen LogP contribution in [-0.4, -0.2) is 118 Å². The third-order valence-electron chi connectivity index (χ3n) is 6.78. The molecule has 5 saturated heterocycles. The molecule has 60 heavy (non-hydrogen) atoms. The summed E-state index contributed by atoms with van der Waals surface area (Å²) < 4.78 is 25.7. The fourth-order valence-corrected chi connectivity index (χ4v) is 17.4. The van der Waals surface area contributed by atoms with Crippen LogP contribution < -0.4 is 0 Å². The molecule has 0 radical (unpaired) electrons. The number of thioether (sulfide) groups is 9. The summed E-state index contributed by atoms with van der Waals surface area (Å²) in [5.41, 5.74) is 2.44. The first-order valence-corrected chi connectivity index (χ1v) is 30.8. The van der Waals surface area contributed by atoms with Gasteiger partial charge in [0.05, 0.1) is 0 Å². The van der Waals surface area contributed by atoms with Crippen molar-refractivity contribution in [3.63, 3.8) is 0 Å². The predicted octanol–water partition coefficient (Wildman–Crippen LogP) is 11.2. The molecule has 5 aliphatic rings. The molecule has 5 aliphatic heterocycles. The van der Waals surface area contributed by atoms with Crippen LogP contribution in [0.1, 0.15) is 53.9 Å². The van der Waals surface area contributed by atoms with Crippen LogP contribution in [0, 0.1) is 0 Å². The quantitative estimate of drug-likeness (QED) is 0.0889. The molecule has 0 aromatic rings. The number of ether oxygens (including phenoxy) is 5. The van der Waals surface area contributed by atoms with Gasteiger partial charge >= 0.3 is 29.8 Å². The molecule has 0 bridgehead atoms. The first-order valence-electron chi connectivity index (χ1n) is 18.5. The first kappa shape index (κ1) is 57.9. The van der Waals surface area contributed by atoms with Crippen molar-refractivity contribution in [1.82, 2.24) is 0 Å². The zero-order chi connectivity index (χ0) is 44.9. The zero-order valence-electron chi connectivity index (χ0n) is 34.9. The van der Waals surface area contributed by atoms with E-state index in [0.717, 1.165) is 73.5 Å². The largest absolute Gasteiger partial charge is 0.458 e. The predicted molar refractivity (Wildman–Crippen MR) is 274 cm³/mol. The minimum Gasteiger partial charge on any atom is -0.458 e. The van der Waals surface area contributed by atoms with Crippen LogP contribution in [0.15, 0.2) is 60.8 Å². The van der Waals surface area contributed by atoms with E-state index in [9.17, 15) is 24.0 Å². The van der Waals surface area contributed by atoms with E-state index >= 15 is 0 Å². The highest BCUT2D eigenvalue weighted by Gasteiger charge is 2.22. The molecular formula is C39H58O10S11. The Morgan fingerprint density at radius 2 is 0.867 bits per heavy atom. The number of carbonyl (C=O) groups excluding carboxylic acids is 5. The lowest BCUT2D eigenvalue weighted by Gasteiger charge is -2.20. The maximum absolute atomic E-state index is 11.1. The van der Waals surface area contributed by atoms with Crippen molar-refractivity contribution < 1.29 is 47.7 Å². The highest BCUT2D eigenvalue weighted by atomic mass is 33.1. The second kappa shape index (κ2) is 35.2. The number of rotatable bonds is 10. The SMILES string of the molecule is C=C(C)C(=O)OC1CCSCS1.C=C(C)C(=O)OC1CCSSC1.C=C(C)C(=O)OC1CSCSC1.C=C(C)C(=O)OC1SCCCS1.C=C(C)C(=O)OC1SCSCS1. The van der Waals surface area contributed by atoms with Crippen LogP contribution in [0.5, 0.6) is 0 Å². The van der Waals surface area contributed by atoms with Crippen molar-refractivity contribution >= 4 is 157 Å². The third-order valence-corrected chi connectivity index (χ3v) is 20.8. The smallest absolute Gasteiger partial charge is 0.334 e. The molecule has 2 atom stereocenters. The molecule has 5 heterocycles. The summed E-state index contributed by atoms with van der Waals surface area (Å²) in [5, 5.41) is 4.14. The number of hydrogen-bond acceptors (Lipinski definition) is 21. The third kappa shape index (κ3) is 29.4. The van der Waals surface area contributed by atoms with E-state index < -0.39 is 0 Å². The molecule has 0 aromatic carbocycles. The normalized spacial score (nSPS) is 20.6. The molecule has 10 nitrogen and oxygen atoms in total. The van der Waals surface area contributed by atoms with Crippen molar-refractivity contribution in [3.05, 3.63) is 60.8 Å². The Hall–Kier alpha value is -0.100. The Balaban J connectivity index is 0.000000375. The Morgan fingerprint density at radius 1 is 0.417 bits per heavy atom. The second-order valence-corrected chi connectivity index (χ2v) is 27.2. The summed E-state index contributed by atoms with van der Waals surface area (Å²) in [6.45, 7) is 26.0. The van der Waals surface area contributed by atoms with Gasteiger partial charge in [-0.2, -0.15) is 11.8 Å². The molecule has 0 spiro atoms. The van der Waals surface area contributed by atoms with Gasteiger partial charge in [-0.3, -0.25) is 0 Å². The standard InChI is InChI=1S/4C8H12O2S2.C7H10O2S3/c1-6(2)8(9)10-7-3-11-5-12-4-7;1-6(2)8(9)10-7-3-4-11-5-12-7;1-6(2)8(9)10-7-3-4-11-12-5-7;1-6(2)7(9)10-8-11-4-3-5-12-8;1-5(2)6(8)9-7-11-3-10-4-12-7/h3*7H,1,3-5H2,2H3;8H,1,3-5H2,2H3;7H,1,3-4H2,2H3. The molecular weight excluding hydrogens is 981 g/mol. The van der Waals surface area contributed by atoms with Gasteiger partial charge in [0.2, 0.25) is 0 Å². The van der Waals surface area contributed by atoms with Crippen molar-refractivity contribution in [3.8, 4) is 0 Å². The average Bonchev–Trinajstić information content (AvgIpc) is 3.23. The van der Waals surface area contributed by atoms with Gasteiger partial charge in [-0.25, -0.2) is 24.0 Å². The van der Waals surface area contributed by atoms with Crippen LogP contribution in [0.2, 0.25) is 0 Å². The van der Waals surface area contributed by atoms with Gasteiger partial charge in [-0.15, -0.1) is 70.6 Å². The van der Waals surface area contributed by atoms with Crippen LogP contribution in [-0.2, 0) is 47.7 Å². The fraction of sp³-hybridized carbons (Fsp3) is 0.615. The maximum Gasteiger partial charge on any atom is 0.334 e. The molecule has 0 amide bonds. The highest BCUT2D eigenvalue weighted by molar-refractivity contribution is 8.76. The van der Waals surface area contributed by atoms with Crippen molar-refractivity contribution in [2.75, 3.05) is 60.6 Å². The minimum absolute atomic E-state index is 0.0112. The molecule has 5 fully saturated rings. The fourth-order valence-electron chi connectivity index (χ4n) is 3.60. The summed E-state index contributed by atoms with van der Waals surface area (Å²) in [5.74, 6) is 5.73. The Labute approximate surface area is 403 Å². The monoisotopic (exact) mass is 1040 g/mol. The second-order valence-electron chi connectivity index (χ2n) is 12.8. The average molecular weight is 1040 g/mol. The van der Waals surface area contributed by atoms with E-state index in [-0.39, 0.29) is 57.0 Å². The summed E-state index contributed by atoms with van der Waals surface area (Å²) in [4.78, 5) is 55.3. The highest BCUT2D eigenvalue weighted by Crippen LogP contribution is 2.37. The van der Waals surface area contributed by atoms with E-state index in [1.54, 1.807) is 104 Å². The molecule has 2 unspecified atom stereocenters. The minimum atomic E-state index is -0.285. The summed E-state index contributed by atoms with van der Waals surface area (Å²) in [6.07, 6.45) is 3.31. The molecule has 21 heteroatoms. The Morgan fingerprint density at radius 3 is 1.32 bits per heavy atom. The first-order chi connectivity index (χ1) is 28.5. The molecule has 0 N–H and O–H groups in total. The molecule has 0 saturated carbocycles. The van der Waals surface area contributed by atoms with Gasteiger partial charge < -0.3 is 23.7 Å². The lowest BCUT2D eigenvalue weighted by atomic mass is 10.3. The Kier molecular flexibility index (Phi) is 34.0.